The number of esters is 2. The van der Waals surface area contributed by atoms with Crippen LogP contribution in [-0.4, -0.2) is 50.2 Å². The van der Waals surface area contributed by atoms with Gasteiger partial charge in [-0.05, 0) is 26.8 Å². The fourth-order valence-electron chi connectivity index (χ4n) is 1.28. The zero-order valence-electron chi connectivity index (χ0n) is 10.5. The first-order chi connectivity index (χ1) is 7.51. The third kappa shape index (κ3) is 6.40. The van der Waals surface area contributed by atoms with E-state index in [2.05, 4.69) is 9.47 Å². The Morgan fingerprint density at radius 1 is 1.12 bits per heavy atom. The van der Waals surface area contributed by atoms with Crippen LogP contribution in [0, 0.1) is 0 Å². The molecule has 0 heterocycles. The van der Waals surface area contributed by atoms with Crippen molar-refractivity contribution >= 4 is 11.9 Å². The van der Waals surface area contributed by atoms with Gasteiger partial charge in [-0.3, -0.25) is 14.5 Å². The van der Waals surface area contributed by atoms with E-state index in [0.29, 0.717) is 19.4 Å². The van der Waals surface area contributed by atoms with E-state index >= 15 is 0 Å². The summed E-state index contributed by atoms with van der Waals surface area (Å²) in [6.45, 7) is 4.94. The largest absolute Gasteiger partial charge is 0.469 e. The highest BCUT2D eigenvalue weighted by Crippen LogP contribution is 2.02. The number of rotatable bonds is 7. The topological polar surface area (TPSA) is 55.8 Å². The van der Waals surface area contributed by atoms with Crippen LogP contribution in [0.4, 0.5) is 0 Å². The average molecular weight is 231 g/mol. The number of hydrogen-bond donors (Lipinski definition) is 0. The van der Waals surface area contributed by atoms with E-state index in [1.165, 1.54) is 14.2 Å². The average Bonchev–Trinajstić information content (AvgIpc) is 2.26. The van der Waals surface area contributed by atoms with Crippen molar-refractivity contribution in [2.24, 2.45) is 0 Å². The highest BCUT2D eigenvalue weighted by molar-refractivity contribution is 5.71. The van der Waals surface area contributed by atoms with Gasteiger partial charge in [0.25, 0.3) is 0 Å². The van der Waals surface area contributed by atoms with Crippen molar-refractivity contribution in [3.63, 3.8) is 0 Å². The predicted octanol–water partition coefficient (Wildman–Crippen LogP) is 0.823. The molecule has 0 aliphatic rings. The molecular formula is C11H21NO4. The summed E-state index contributed by atoms with van der Waals surface area (Å²) in [5, 5.41) is 0. The number of ether oxygens (including phenoxy) is 2. The van der Waals surface area contributed by atoms with Gasteiger partial charge < -0.3 is 9.47 Å². The summed E-state index contributed by atoms with van der Waals surface area (Å²) in [5.74, 6) is -0.478. The Morgan fingerprint density at radius 2 is 1.69 bits per heavy atom. The van der Waals surface area contributed by atoms with E-state index in [9.17, 15) is 9.59 Å². The van der Waals surface area contributed by atoms with Gasteiger partial charge in [0.2, 0.25) is 0 Å². The quantitative estimate of drug-likeness (QED) is 0.607. The van der Waals surface area contributed by atoms with Gasteiger partial charge in [0, 0.05) is 12.5 Å². The van der Waals surface area contributed by atoms with Gasteiger partial charge in [0.05, 0.1) is 20.8 Å². The fraction of sp³-hybridized carbons (Fsp3) is 0.818. The van der Waals surface area contributed by atoms with Crippen molar-refractivity contribution < 1.29 is 19.1 Å². The first-order valence-electron chi connectivity index (χ1n) is 5.39. The standard InChI is InChI=1S/C11H21NO4/c1-9(2)12(8-11(14)16-4)7-5-6-10(13)15-3/h9H,5-8H2,1-4H3. The van der Waals surface area contributed by atoms with Crippen LogP contribution < -0.4 is 0 Å². The molecular weight excluding hydrogens is 210 g/mol. The van der Waals surface area contributed by atoms with Crippen molar-refractivity contribution in [3.05, 3.63) is 0 Å². The second-order valence-electron chi connectivity index (χ2n) is 3.82. The molecule has 0 saturated heterocycles. The van der Waals surface area contributed by atoms with Crippen LogP contribution >= 0.6 is 0 Å². The van der Waals surface area contributed by atoms with Crippen LogP contribution in [0.1, 0.15) is 26.7 Å². The third-order valence-corrected chi connectivity index (χ3v) is 2.34. The maximum Gasteiger partial charge on any atom is 0.319 e. The van der Waals surface area contributed by atoms with Crippen molar-refractivity contribution in [2.45, 2.75) is 32.7 Å². The lowest BCUT2D eigenvalue weighted by Gasteiger charge is -2.24. The molecule has 0 aromatic heterocycles. The molecule has 0 fully saturated rings. The lowest BCUT2D eigenvalue weighted by molar-refractivity contribution is -0.142. The van der Waals surface area contributed by atoms with E-state index in [1.807, 2.05) is 18.7 Å². The van der Waals surface area contributed by atoms with Crippen LogP contribution in [0.5, 0.6) is 0 Å². The molecule has 0 saturated carbocycles. The zero-order valence-corrected chi connectivity index (χ0v) is 10.5. The van der Waals surface area contributed by atoms with E-state index < -0.39 is 0 Å². The molecule has 0 unspecified atom stereocenters. The number of carbonyl (C=O) groups is 2. The third-order valence-electron chi connectivity index (χ3n) is 2.34. The SMILES string of the molecule is COC(=O)CCCN(CC(=O)OC)C(C)C. The van der Waals surface area contributed by atoms with E-state index in [4.69, 9.17) is 0 Å². The van der Waals surface area contributed by atoms with Gasteiger partial charge in [-0.15, -0.1) is 0 Å². The normalized spacial score (nSPS) is 10.6. The smallest absolute Gasteiger partial charge is 0.319 e. The molecule has 0 aromatic carbocycles. The van der Waals surface area contributed by atoms with Gasteiger partial charge in [-0.25, -0.2) is 0 Å². The molecule has 0 aliphatic heterocycles. The van der Waals surface area contributed by atoms with E-state index in [1.54, 1.807) is 0 Å². The van der Waals surface area contributed by atoms with Gasteiger partial charge in [0.15, 0.2) is 0 Å². The van der Waals surface area contributed by atoms with Crippen LogP contribution in [0.2, 0.25) is 0 Å². The lowest BCUT2D eigenvalue weighted by atomic mass is 10.2. The Labute approximate surface area is 96.7 Å². The Kier molecular flexibility index (Phi) is 7.54. The minimum Gasteiger partial charge on any atom is -0.469 e. The molecule has 0 spiro atoms. The number of methoxy groups -OCH3 is 2. The van der Waals surface area contributed by atoms with Gasteiger partial charge >= 0.3 is 11.9 Å². The second-order valence-corrected chi connectivity index (χ2v) is 3.82. The number of hydrogen-bond acceptors (Lipinski definition) is 5. The monoisotopic (exact) mass is 231 g/mol. The zero-order chi connectivity index (χ0) is 12.6. The van der Waals surface area contributed by atoms with Crippen LogP contribution in [-0.2, 0) is 19.1 Å². The summed E-state index contributed by atoms with van der Waals surface area (Å²) >= 11 is 0. The molecule has 0 amide bonds. The van der Waals surface area contributed by atoms with Crippen molar-refractivity contribution in [1.29, 1.82) is 0 Å². The summed E-state index contributed by atoms with van der Waals surface area (Å²) in [7, 11) is 2.74. The van der Waals surface area contributed by atoms with Crippen LogP contribution in [0.15, 0.2) is 0 Å². The summed E-state index contributed by atoms with van der Waals surface area (Å²) in [6.07, 6.45) is 1.06. The molecule has 0 N–H and O–H groups in total. The molecule has 16 heavy (non-hydrogen) atoms. The van der Waals surface area contributed by atoms with E-state index in [0.717, 1.165) is 0 Å². The first kappa shape index (κ1) is 14.9. The summed E-state index contributed by atoms with van der Waals surface area (Å²) in [4.78, 5) is 24.0. The first-order valence-corrected chi connectivity index (χ1v) is 5.39. The number of carbonyl (C=O) groups excluding carboxylic acids is 2. The molecule has 94 valence electrons. The molecule has 5 nitrogen and oxygen atoms in total. The Hall–Kier alpha value is -1.10. The van der Waals surface area contributed by atoms with Gasteiger partial charge in [-0.2, -0.15) is 0 Å². The van der Waals surface area contributed by atoms with Crippen molar-refractivity contribution in [3.8, 4) is 0 Å². The second kappa shape index (κ2) is 8.10. The Morgan fingerprint density at radius 3 is 2.12 bits per heavy atom. The minimum absolute atomic E-state index is 0.221. The maximum atomic E-state index is 11.1. The summed E-state index contributed by atoms with van der Waals surface area (Å²) in [6, 6.07) is 0.247. The summed E-state index contributed by atoms with van der Waals surface area (Å²) < 4.78 is 9.15. The fourth-order valence-corrected chi connectivity index (χ4v) is 1.28. The Balaban J connectivity index is 3.95. The molecule has 0 aromatic rings. The predicted molar refractivity (Wildman–Crippen MR) is 60.0 cm³/mol. The minimum atomic E-state index is -0.258. The molecule has 5 heteroatoms. The number of nitrogens with zero attached hydrogens (tertiary/aromatic N) is 1. The molecule has 0 aliphatic carbocycles. The molecule has 0 atom stereocenters. The molecule has 0 radical (unpaired) electrons. The van der Waals surface area contributed by atoms with Crippen molar-refractivity contribution in [2.75, 3.05) is 27.3 Å². The van der Waals surface area contributed by atoms with E-state index in [-0.39, 0.29) is 24.5 Å². The molecule has 0 bridgehead atoms. The maximum absolute atomic E-state index is 11.1. The highest BCUT2D eigenvalue weighted by atomic mass is 16.5. The highest BCUT2D eigenvalue weighted by Gasteiger charge is 2.14. The Bertz CT molecular complexity index is 228. The van der Waals surface area contributed by atoms with Gasteiger partial charge in [-0.1, -0.05) is 0 Å². The summed E-state index contributed by atoms with van der Waals surface area (Å²) in [5.41, 5.74) is 0. The van der Waals surface area contributed by atoms with Crippen LogP contribution in [0.3, 0.4) is 0 Å². The molecule has 0 rings (SSSR count). The van der Waals surface area contributed by atoms with Gasteiger partial charge in [0.1, 0.15) is 0 Å². The van der Waals surface area contributed by atoms with Crippen molar-refractivity contribution in [1.82, 2.24) is 4.90 Å². The lowest BCUT2D eigenvalue weighted by Crippen LogP contribution is -2.37. The van der Waals surface area contributed by atoms with Crippen LogP contribution in [0.25, 0.3) is 0 Å².